The van der Waals surface area contributed by atoms with E-state index in [4.69, 9.17) is 5.11 Å². The Hall–Kier alpha value is -2.34. The van der Waals surface area contributed by atoms with E-state index in [1.807, 2.05) is 41.9 Å². The summed E-state index contributed by atoms with van der Waals surface area (Å²) in [6.07, 6.45) is 3.55. The van der Waals surface area contributed by atoms with Gasteiger partial charge in [0.05, 0.1) is 12.5 Å². The van der Waals surface area contributed by atoms with E-state index < -0.39 is 0 Å². The molecule has 0 spiro atoms. The molecule has 6 nitrogen and oxygen atoms in total. The molecule has 0 unspecified atom stereocenters. The van der Waals surface area contributed by atoms with Crippen molar-refractivity contribution in [2.24, 2.45) is 13.0 Å². The Bertz CT molecular complexity index is 768. The normalized spacial score (nSPS) is 20.4. The standard InChI is InChI=1S/C19H25N3O3/c1-22-16-9-5-2-6-13(16)12-17(22)19(25)21-15-8-4-3-7-14(15)18(24)20-10-11-23/h2,5-6,9,12,14-15,23H,3-4,7-8,10-11H2,1H3,(H,20,24)(H,21,25)/t14-,15+/m1/s1. The summed E-state index contributed by atoms with van der Waals surface area (Å²) >= 11 is 0. The third kappa shape index (κ3) is 3.69. The molecule has 2 atom stereocenters. The van der Waals surface area contributed by atoms with Crippen molar-refractivity contribution in [1.29, 1.82) is 0 Å². The third-order valence-corrected chi connectivity index (χ3v) is 5.01. The molecule has 2 amide bonds. The molecule has 1 saturated carbocycles. The maximum Gasteiger partial charge on any atom is 0.268 e. The van der Waals surface area contributed by atoms with Crippen molar-refractivity contribution in [3.8, 4) is 0 Å². The monoisotopic (exact) mass is 343 g/mol. The van der Waals surface area contributed by atoms with Gasteiger partial charge in [0, 0.05) is 30.5 Å². The number of amides is 2. The van der Waals surface area contributed by atoms with Crippen LogP contribution in [0, 0.1) is 5.92 Å². The number of para-hydroxylation sites is 1. The highest BCUT2D eigenvalue weighted by Crippen LogP contribution is 2.25. The van der Waals surface area contributed by atoms with Crippen LogP contribution in [0.25, 0.3) is 10.9 Å². The Balaban J connectivity index is 1.75. The van der Waals surface area contributed by atoms with Crippen molar-refractivity contribution >= 4 is 22.7 Å². The lowest BCUT2D eigenvalue weighted by atomic mass is 9.83. The summed E-state index contributed by atoms with van der Waals surface area (Å²) in [5.41, 5.74) is 1.61. The van der Waals surface area contributed by atoms with Crippen LogP contribution in [0.15, 0.2) is 30.3 Å². The number of carbonyl (C=O) groups is 2. The lowest BCUT2D eigenvalue weighted by Gasteiger charge is -2.31. The minimum Gasteiger partial charge on any atom is -0.395 e. The first-order chi connectivity index (χ1) is 12.1. The van der Waals surface area contributed by atoms with Crippen LogP contribution in [-0.2, 0) is 11.8 Å². The lowest BCUT2D eigenvalue weighted by molar-refractivity contribution is -0.126. The molecule has 6 heteroatoms. The highest BCUT2D eigenvalue weighted by Gasteiger charge is 2.32. The van der Waals surface area contributed by atoms with Crippen LogP contribution < -0.4 is 10.6 Å². The first-order valence-corrected chi connectivity index (χ1v) is 8.85. The predicted octanol–water partition coefficient (Wildman–Crippen LogP) is 1.58. The number of carbonyl (C=O) groups excluding carboxylic acids is 2. The molecule has 1 aromatic heterocycles. The Morgan fingerprint density at radius 2 is 2.00 bits per heavy atom. The zero-order chi connectivity index (χ0) is 17.8. The SMILES string of the molecule is Cn1c(C(=O)N[C@H]2CCCC[C@H]2C(=O)NCCO)cc2ccccc21. The van der Waals surface area contributed by atoms with E-state index in [1.54, 1.807) is 0 Å². The van der Waals surface area contributed by atoms with Gasteiger partial charge in [-0.05, 0) is 25.0 Å². The molecule has 0 radical (unpaired) electrons. The summed E-state index contributed by atoms with van der Waals surface area (Å²) in [6.45, 7) is 0.171. The summed E-state index contributed by atoms with van der Waals surface area (Å²) in [5, 5.41) is 15.7. The number of nitrogens with zero attached hydrogens (tertiary/aromatic N) is 1. The zero-order valence-corrected chi connectivity index (χ0v) is 14.5. The van der Waals surface area contributed by atoms with Gasteiger partial charge in [-0.15, -0.1) is 0 Å². The number of nitrogens with one attached hydrogen (secondary N) is 2. The van der Waals surface area contributed by atoms with Crippen LogP contribution >= 0.6 is 0 Å². The molecule has 1 fully saturated rings. The molecule has 2 aromatic rings. The number of aliphatic hydroxyl groups excluding tert-OH is 1. The molecule has 3 rings (SSSR count). The van der Waals surface area contributed by atoms with Gasteiger partial charge >= 0.3 is 0 Å². The second-order valence-corrected chi connectivity index (χ2v) is 6.63. The topological polar surface area (TPSA) is 83.4 Å². The van der Waals surface area contributed by atoms with Gasteiger partial charge in [-0.25, -0.2) is 0 Å². The summed E-state index contributed by atoms with van der Waals surface area (Å²) in [6, 6.07) is 9.58. The van der Waals surface area contributed by atoms with Crippen molar-refractivity contribution in [2.75, 3.05) is 13.2 Å². The second-order valence-electron chi connectivity index (χ2n) is 6.63. The van der Waals surface area contributed by atoms with Crippen LogP contribution in [0.3, 0.4) is 0 Å². The van der Waals surface area contributed by atoms with E-state index in [0.29, 0.717) is 5.69 Å². The number of hydrogen-bond donors (Lipinski definition) is 3. The first kappa shape index (κ1) is 17.5. The van der Waals surface area contributed by atoms with E-state index in [2.05, 4.69) is 10.6 Å². The molecule has 1 aromatic carbocycles. The van der Waals surface area contributed by atoms with Crippen molar-refractivity contribution in [1.82, 2.24) is 15.2 Å². The summed E-state index contributed by atoms with van der Waals surface area (Å²) in [4.78, 5) is 25.1. The number of aliphatic hydroxyl groups is 1. The van der Waals surface area contributed by atoms with Gasteiger partial charge in [-0.2, -0.15) is 0 Å². The quantitative estimate of drug-likeness (QED) is 0.771. The minimum absolute atomic E-state index is 0.0780. The Morgan fingerprint density at radius 1 is 1.24 bits per heavy atom. The average Bonchev–Trinajstić information content (AvgIpc) is 2.97. The fourth-order valence-corrected chi connectivity index (χ4v) is 3.68. The number of benzene rings is 1. The summed E-state index contributed by atoms with van der Waals surface area (Å²) in [7, 11) is 1.88. The van der Waals surface area contributed by atoms with Crippen molar-refractivity contribution in [3.05, 3.63) is 36.0 Å². The summed E-state index contributed by atoms with van der Waals surface area (Å²) < 4.78 is 1.88. The van der Waals surface area contributed by atoms with Crippen molar-refractivity contribution in [3.63, 3.8) is 0 Å². The Kier molecular flexibility index (Phi) is 5.38. The Morgan fingerprint density at radius 3 is 2.76 bits per heavy atom. The van der Waals surface area contributed by atoms with Gasteiger partial charge in [0.1, 0.15) is 5.69 Å². The molecule has 25 heavy (non-hydrogen) atoms. The average molecular weight is 343 g/mol. The van der Waals surface area contributed by atoms with Gasteiger partial charge in [-0.1, -0.05) is 31.0 Å². The van der Waals surface area contributed by atoms with Crippen LogP contribution in [0.4, 0.5) is 0 Å². The van der Waals surface area contributed by atoms with Crippen LogP contribution in [0.1, 0.15) is 36.2 Å². The number of aromatic nitrogens is 1. The molecule has 3 N–H and O–H groups in total. The molecule has 1 aliphatic rings. The van der Waals surface area contributed by atoms with Gasteiger partial charge < -0.3 is 20.3 Å². The predicted molar refractivity (Wildman–Crippen MR) is 96.2 cm³/mol. The number of rotatable bonds is 5. The lowest BCUT2D eigenvalue weighted by Crippen LogP contribution is -2.49. The fraction of sp³-hybridized carbons (Fsp3) is 0.474. The highest BCUT2D eigenvalue weighted by atomic mass is 16.3. The van der Waals surface area contributed by atoms with Crippen LogP contribution in [0.2, 0.25) is 0 Å². The number of aryl methyl sites for hydroxylation is 1. The first-order valence-electron chi connectivity index (χ1n) is 8.85. The van der Waals surface area contributed by atoms with E-state index in [0.717, 1.165) is 36.6 Å². The van der Waals surface area contributed by atoms with Gasteiger partial charge in [-0.3, -0.25) is 9.59 Å². The van der Waals surface area contributed by atoms with Gasteiger partial charge in [0.15, 0.2) is 0 Å². The zero-order valence-electron chi connectivity index (χ0n) is 14.5. The molecule has 0 bridgehead atoms. The number of hydrogen-bond acceptors (Lipinski definition) is 3. The molecule has 1 aliphatic carbocycles. The Labute approximate surface area is 147 Å². The van der Waals surface area contributed by atoms with E-state index >= 15 is 0 Å². The van der Waals surface area contributed by atoms with Gasteiger partial charge in [0.25, 0.3) is 5.91 Å². The van der Waals surface area contributed by atoms with E-state index in [-0.39, 0.29) is 36.9 Å². The molecule has 1 heterocycles. The van der Waals surface area contributed by atoms with E-state index in [9.17, 15) is 9.59 Å². The fourth-order valence-electron chi connectivity index (χ4n) is 3.68. The van der Waals surface area contributed by atoms with Crippen molar-refractivity contribution in [2.45, 2.75) is 31.7 Å². The van der Waals surface area contributed by atoms with Crippen molar-refractivity contribution < 1.29 is 14.7 Å². The maximum absolute atomic E-state index is 12.8. The molecule has 134 valence electrons. The molecule has 0 saturated heterocycles. The van der Waals surface area contributed by atoms with Gasteiger partial charge in [0.2, 0.25) is 5.91 Å². The number of fused-ring (bicyclic) bond motifs is 1. The summed E-state index contributed by atoms with van der Waals surface area (Å²) in [5.74, 6) is -0.472. The molecular formula is C19H25N3O3. The smallest absolute Gasteiger partial charge is 0.268 e. The minimum atomic E-state index is -0.237. The maximum atomic E-state index is 12.8. The molecule has 0 aliphatic heterocycles. The molecular weight excluding hydrogens is 318 g/mol. The third-order valence-electron chi connectivity index (χ3n) is 5.01. The van der Waals surface area contributed by atoms with Crippen LogP contribution in [0.5, 0.6) is 0 Å². The van der Waals surface area contributed by atoms with Crippen LogP contribution in [-0.4, -0.2) is 40.7 Å². The largest absolute Gasteiger partial charge is 0.395 e. The van der Waals surface area contributed by atoms with E-state index in [1.165, 1.54) is 0 Å². The highest BCUT2D eigenvalue weighted by molar-refractivity contribution is 5.99. The second kappa shape index (κ2) is 7.70.